The largest absolute Gasteiger partial charge is 0.495 e. The van der Waals surface area contributed by atoms with Crippen LogP contribution in [0.3, 0.4) is 0 Å². The summed E-state index contributed by atoms with van der Waals surface area (Å²) in [4.78, 5) is 14.6. The summed E-state index contributed by atoms with van der Waals surface area (Å²) in [7, 11) is 3.36. The van der Waals surface area contributed by atoms with Crippen LogP contribution in [-0.4, -0.2) is 28.3 Å². The van der Waals surface area contributed by atoms with Crippen LogP contribution in [0.2, 0.25) is 0 Å². The highest BCUT2D eigenvalue weighted by atomic mass is 16.5. The molecule has 0 fully saturated rings. The minimum absolute atomic E-state index is 0.581. The summed E-state index contributed by atoms with van der Waals surface area (Å²) in [6, 6.07) is 5.41. The smallest absolute Gasteiger partial charge is 0.211 e. The number of benzene rings is 1. The molecule has 0 aliphatic rings. The summed E-state index contributed by atoms with van der Waals surface area (Å²) >= 11 is 0. The topological polar surface area (TPSA) is 69.0 Å². The third kappa shape index (κ3) is 2.10. The highest BCUT2D eigenvalue weighted by molar-refractivity contribution is 5.77. The monoisotopic (exact) mass is 232 g/mol. The third-order valence-corrected chi connectivity index (χ3v) is 2.39. The van der Waals surface area contributed by atoms with E-state index in [-0.39, 0.29) is 0 Å². The Kier molecular flexibility index (Phi) is 3.04. The van der Waals surface area contributed by atoms with Gasteiger partial charge in [0.05, 0.1) is 12.8 Å². The molecule has 0 radical (unpaired) electrons. The van der Waals surface area contributed by atoms with E-state index < -0.39 is 0 Å². The molecule has 0 saturated heterocycles. The lowest BCUT2D eigenvalue weighted by molar-refractivity contribution is -0.105. The zero-order valence-corrected chi connectivity index (χ0v) is 9.54. The highest BCUT2D eigenvalue weighted by Crippen LogP contribution is 2.29. The number of nitrogens with one attached hydrogen (secondary N) is 1. The van der Waals surface area contributed by atoms with Crippen molar-refractivity contribution in [2.45, 2.75) is 0 Å². The minimum Gasteiger partial charge on any atom is -0.495 e. The SMILES string of the molecule is COc1cc(-c2ncnn2C)ccc1NC=O. The molecule has 1 heterocycles. The van der Waals surface area contributed by atoms with Gasteiger partial charge in [-0.05, 0) is 18.2 Å². The number of methoxy groups -OCH3 is 1. The zero-order chi connectivity index (χ0) is 12.3. The van der Waals surface area contributed by atoms with Gasteiger partial charge in [-0.25, -0.2) is 9.67 Å². The van der Waals surface area contributed by atoms with Crippen molar-refractivity contribution in [1.82, 2.24) is 14.8 Å². The summed E-state index contributed by atoms with van der Waals surface area (Å²) < 4.78 is 6.87. The van der Waals surface area contributed by atoms with Crippen LogP contribution in [0.1, 0.15) is 0 Å². The lowest BCUT2D eigenvalue weighted by Gasteiger charge is -2.09. The fourth-order valence-electron chi connectivity index (χ4n) is 1.57. The number of nitrogens with zero attached hydrogens (tertiary/aromatic N) is 3. The number of hydrogen-bond donors (Lipinski definition) is 1. The van der Waals surface area contributed by atoms with Gasteiger partial charge in [0, 0.05) is 12.6 Å². The second kappa shape index (κ2) is 4.65. The van der Waals surface area contributed by atoms with Crippen molar-refractivity contribution in [2.24, 2.45) is 7.05 Å². The molecule has 88 valence electrons. The van der Waals surface area contributed by atoms with E-state index in [1.165, 1.54) is 6.33 Å². The Morgan fingerprint density at radius 3 is 2.88 bits per heavy atom. The first-order chi connectivity index (χ1) is 8.26. The lowest BCUT2D eigenvalue weighted by atomic mass is 10.1. The molecule has 1 aromatic carbocycles. The molecule has 2 aromatic rings. The van der Waals surface area contributed by atoms with Crippen LogP contribution in [0.4, 0.5) is 5.69 Å². The zero-order valence-electron chi connectivity index (χ0n) is 9.54. The number of anilines is 1. The lowest BCUT2D eigenvalue weighted by Crippen LogP contribution is -1.99. The second-order valence-corrected chi connectivity index (χ2v) is 3.38. The van der Waals surface area contributed by atoms with Gasteiger partial charge in [0.25, 0.3) is 0 Å². The molecule has 0 saturated carbocycles. The van der Waals surface area contributed by atoms with Gasteiger partial charge < -0.3 is 10.1 Å². The first-order valence-electron chi connectivity index (χ1n) is 4.99. The molecular weight excluding hydrogens is 220 g/mol. The standard InChI is InChI=1S/C11H12N4O2/c1-15-11(12-6-14-15)8-3-4-9(13-7-16)10(5-8)17-2/h3-7H,1-2H3,(H,13,16). The summed E-state index contributed by atoms with van der Waals surface area (Å²) in [5.41, 5.74) is 1.49. The van der Waals surface area contributed by atoms with E-state index in [1.54, 1.807) is 23.9 Å². The van der Waals surface area contributed by atoms with E-state index in [0.29, 0.717) is 17.8 Å². The second-order valence-electron chi connectivity index (χ2n) is 3.38. The maximum Gasteiger partial charge on any atom is 0.211 e. The molecule has 2 rings (SSSR count). The Morgan fingerprint density at radius 2 is 2.29 bits per heavy atom. The predicted octanol–water partition coefficient (Wildman–Crippen LogP) is 1.06. The fraction of sp³-hybridized carbons (Fsp3) is 0.182. The molecule has 0 atom stereocenters. The average Bonchev–Trinajstić information content (AvgIpc) is 2.76. The van der Waals surface area contributed by atoms with Gasteiger partial charge in [-0.3, -0.25) is 4.79 Å². The molecule has 0 aliphatic carbocycles. The molecule has 0 unspecified atom stereocenters. The summed E-state index contributed by atoms with van der Waals surface area (Å²) in [6.45, 7) is 0. The Balaban J connectivity index is 2.44. The van der Waals surface area contributed by atoms with Crippen molar-refractivity contribution >= 4 is 12.1 Å². The molecule has 1 N–H and O–H groups in total. The molecule has 1 amide bonds. The van der Waals surface area contributed by atoms with E-state index in [9.17, 15) is 4.79 Å². The van der Waals surface area contributed by atoms with Crippen molar-refractivity contribution in [3.8, 4) is 17.1 Å². The van der Waals surface area contributed by atoms with Crippen molar-refractivity contribution in [2.75, 3.05) is 12.4 Å². The van der Waals surface area contributed by atoms with Crippen LogP contribution in [0.5, 0.6) is 5.75 Å². The summed E-state index contributed by atoms with van der Waals surface area (Å²) in [5, 5.41) is 6.57. The first kappa shape index (κ1) is 11.1. The number of carbonyl (C=O) groups excluding carboxylic acids is 1. The van der Waals surface area contributed by atoms with Gasteiger partial charge in [-0.1, -0.05) is 0 Å². The van der Waals surface area contributed by atoms with Crippen molar-refractivity contribution in [3.05, 3.63) is 24.5 Å². The van der Waals surface area contributed by atoms with Crippen molar-refractivity contribution in [3.63, 3.8) is 0 Å². The molecule has 0 bridgehead atoms. The van der Waals surface area contributed by atoms with Gasteiger partial charge >= 0.3 is 0 Å². The van der Waals surface area contributed by atoms with Gasteiger partial charge in [0.2, 0.25) is 6.41 Å². The maximum atomic E-state index is 10.4. The van der Waals surface area contributed by atoms with E-state index in [1.807, 2.05) is 13.1 Å². The number of rotatable bonds is 4. The Morgan fingerprint density at radius 1 is 1.47 bits per heavy atom. The average molecular weight is 232 g/mol. The van der Waals surface area contributed by atoms with Crippen LogP contribution in [0.15, 0.2) is 24.5 Å². The van der Waals surface area contributed by atoms with Crippen molar-refractivity contribution in [1.29, 1.82) is 0 Å². The Hall–Kier alpha value is -2.37. The minimum atomic E-state index is 0.581. The fourth-order valence-corrected chi connectivity index (χ4v) is 1.57. The van der Waals surface area contributed by atoms with E-state index >= 15 is 0 Å². The molecule has 0 aliphatic heterocycles. The van der Waals surface area contributed by atoms with Gasteiger partial charge in [-0.15, -0.1) is 0 Å². The Bertz CT molecular complexity index is 536. The van der Waals surface area contributed by atoms with Gasteiger partial charge in [0.15, 0.2) is 5.82 Å². The molecule has 6 nitrogen and oxygen atoms in total. The van der Waals surface area contributed by atoms with Crippen LogP contribution in [0.25, 0.3) is 11.4 Å². The third-order valence-electron chi connectivity index (χ3n) is 2.39. The maximum absolute atomic E-state index is 10.4. The number of aromatic nitrogens is 3. The van der Waals surface area contributed by atoms with E-state index in [0.717, 1.165) is 11.4 Å². The van der Waals surface area contributed by atoms with Crippen LogP contribution >= 0.6 is 0 Å². The Labute approximate surface area is 98.2 Å². The molecule has 1 aromatic heterocycles. The molecule has 0 spiro atoms. The number of hydrogen-bond acceptors (Lipinski definition) is 4. The highest BCUT2D eigenvalue weighted by Gasteiger charge is 2.08. The quantitative estimate of drug-likeness (QED) is 0.800. The molecule has 17 heavy (non-hydrogen) atoms. The summed E-state index contributed by atoms with van der Waals surface area (Å²) in [6.07, 6.45) is 2.10. The number of carbonyl (C=O) groups is 1. The first-order valence-corrected chi connectivity index (χ1v) is 4.99. The van der Waals surface area contributed by atoms with Gasteiger partial charge in [0.1, 0.15) is 12.1 Å². The van der Waals surface area contributed by atoms with Crippen LogP contribution < -0.4 is 10.1 Å². The number of amides is 1. The van der Waals surface area contributed by atoms with Crippen LogP contribution in [-0.2, 0) is 11.8 Å². The number of aryl methyl sites for hydroxylation is 1. The normalized spacial score (nSPS) is 10.0. The van der Waals surface area contributed by atoms with Gasteiger partial charge in [-0.2, -0.15) is 5.10 Å². The summed E-state index contributed by atoms with van der Waals surface area (Å²) in [5.74, 6) is 1.32. The van der Waals surface area contributed by atoms with Crippen molar-refractivity contribution < 1.29 is 9.53 Å². The van der Waals surface area contributed by atoms with Crippen LogP contribution in [0, 0.1) is 0 Å². The van der Waals surface area contributed by atoms with E-state index in [4.69, 9.17) is 4.74 Å². The van der Waals surface area contributed by atoms with E-state index in [2.05, 4.69) is 15.4 Å². The number of ether oxygens (including phenoxy) is 1. The predicted molar refractivity (Wildman–Crippen MR) is 62.7 cm³/mol. The molecule has 6 heteroatoms. The molecular formula is C11H12N4O2.